The van der Waals surface area contributed by atoms with Crippen molar-refractivity contribution in [3.8, 4) is 5.75 Å². The topological polar surface area (TPSA) is 9.23 Å². The Balaban J connectivity index is 1.54. The molecule has 0 bridgehead atoms. The van der Waals surface area contributed by atoms with Crippen molar-refractivity contribution >= 4 is 8.07 Å². The zero-order valence-corrected chi connectivity index (χ0v) is 17.8. The van der Waals surface area contributed by atoms with Crippen LogP contribution in [0.3, 0.4) is 0 Å². The van der Waals surface area contributed by atoms with Crippen molar-refractivity contribution in [1.29, 1.82) is 0 Å². The summed E-state index contributed by atoms with van der Waals surface area (Å²) in [5, 5.41) is 0. The fourth-order valence-electron chi connectivity index (χ4n) is 5.34. The molecule has 28 heavy (non-hydrogen) atoms. The summed E-state index contributed by atoms with van der Waals surface area (Å²) in [7, 11) is -1.21. The molecule has 2 aliphatic rings. The Bertz CT molecular complexity index is 610. The second-order valence-electron chi connectivity index (χ2n) is 8.91. The van der Waals surface area contributed by atoms with Crippen molar-refractivity contribution in [2.45, 2.75) is 95.0 Å². The lowest BCUT2D eigenvalue weighted by Gasteiger charge is -2.43. The molecule has 2 heterocycles. The summed E-state index contributed by atoms with van der Waals surface area (Å²) in [5.74, 6) is -1.99. The van der Waals surface area contributed by atoms with E-state index < -0.39 is 32.1 Å². The third-order valence-electron chi connectivity index (χ3n) is 7.13. The Morgan fingerprint density at radius 2 is 1.54 bits per heavy atom. The fraction of sp³-hybridized carbons (Fsp3) is 0.727. The molecule has 1 nitrogen and oxygen atoms in total. The average Bonchev–Trinajstić information content (AvgIpc) is 2.67. The van der Waals surface area contributed by atoms with Gasteiger partial charge in [0.1, 0.15) is 0 Å². The SMILES string of the molecule is CCCCCC1CC[Si]2(CC1)CCC(c1cc(F)c(OC(F)F)c(F)c1)CC2. The van der Waals surface area contributed by atoms with Gasteiger partial charge in [0.05, 0.1) is 8.07 Å². The first-order chi connectivity index (χ1) is 13.4. The van der Waals surface area contributed by atoms with E-state index in [1.54, 1.807) is 0 Å². The van der Waals surface area contributed by atoms with Gasteiger partial charge in [-0.2, -0.15) is 8.78 Å². The van der Waals surface area contributed by atoms with Gasteiger partial charge in [-0.15, -0.1) is 0 Å². The van der Waals surface area contributed by atoms with Crippen LogP contribution in [-0.2, 0) is 0 Å². The van der Waals surface area contributed by atoms with Crippen LogP contribution in [-0.4, -0.2) is 14.7 Å². The normalized spacial score (nSPS) is 28.1. The first kappa shape index (κ1) is 21.7. The number of ether oxygens (including phenoxy) is 1. The van der Waals surface area contributed by atoms with Gasteiger partial charge in [-0.25, -0.2) is 8.78 Å². The van der Waals surface area contributed by atoms with Gasteiger partial charge in [0, 0.05) is 0 Å². The van der Waals surface area contributed by atoms with Gasteiger partial charge in [-0.3, -0.25) is 0 Å². The van der Waals surface area contributed by atoms with Crippen LogP contribution < -0.4 is 4.74 Å². The molecule has 158 valence electrons. The van der Waals surface area contributed by atoms with E-state index in [0.717, 1.165) is 18.8 Å². The lowest BCUT2D eigenvalue weighted by atomic mass is 9.93. The molecule has 0 aliphatic carbocycles. The first-order valence-corrected chi connectivity index (χ1v) is 13.7. The number of alkyl halides is 2. The van der Waals surface area contributed by atoms with Crippen LogP contribution >= 0.6 is 0 Å². The van der Waals surface area contributed by atoms with E-state index in [1.807, 2.05) is 0 Å². The van der Waals surface area contributed by atoms with E-state index >= 15 is 0 Å². The Morgan fingerprint density at radius 1 is 0.964 bits per heavy atom. The average molecular weight is 417 g/mol. The van der Waals surface area contributed by atoms with Gasteiger partial charge in [-0.1, -0.05) is 69.6 Å². The predicted molar refractivity (Wildman–Crippen MR) is 107 cm³/mol. The molecule has 0 N–H and O–H groups in total. The molecule has 1 aromatic rings. The Labute approximate surface area is 166 Å². The van der Waals surface area contributed by atoms with E-state index in [2.05, 4.69) is 11.7 Å². The zero-order chi connectivity index (χ0) is 20.1. The van der Waals surface area contributed by atoms with Gasteiger partial charge in [0.15, 0.2) is 17.4 Å². The number of hydrogen-bond acceptors (Lipinski definition) is 1. The summed E-state index contributed by atoms with van der Waals surface area (Å²) in [6, 6.07) is 7.68. The van der Waals surface area contributed by atoms with Crippen LogP contribution in [0.1, 0.15) is 69.8 Å². The molecule has 0 saturated carbocycles. The number of hydrogen-bond donors (Lipinski definition) is 0. The fourth-order valence-corrected chi connectivity index (χ4v) is 10.8. The van der Waals surface area contributed by atoms with Crippen LogP contribution in [0.5, 0.6) is 5.75 Å². The third-order valence-corrected chi connectivity index (χ3v) is 12.5. The summed E-state index contributed by atoms with van der Waals surface area (Å²) >= 11 is 0. The van der Waals surface area contributed by atoms with E-state index in [4.69, 9.17) is 0 Å². The molecule has 0 aromatic heterocycles. The second-order valence-corrected chi connectivity index (χ2v) is 13.9. The standard InChI is InChI=1S/C22H32F4OSi/c1-2-3-4-5-16-6-10-28(11-7-16)12-8-17(9-13-28)18-14-19(23)21(20(24)15-18)27-22(25)26/h14-17,22H,2-13H2,1H3. The molecular formula is C22H32F4OSi. The minimum Gasteiger partial charge on any atom is -0.429 e. The Kier molecular flexibility index (Phi) is 7.46. The number of unbranched alkanes of at least 4 members (excludes halogenated alkanes) is 2. The highest BCUT2D eigenvalue weighted by molar-refractivity contribution is 6.80. The third kappa shape index (κ3) is 5.31. The van der Waals surface area contributed by atoms with E-state index in [-0.39, 0.29) is 5.92 Å². The van der Waals surface area contributed by atoms with Crippen LogP contribution in [0.25, 0.3) is 0 Å². The monoisotopic (exact) mass is 416 g/mol. The summed E-state index contributed by atoms with van der Waals surface area (Å²) in [5.41, 5.74) is 0.591. The van der Waals surface area contributed by atoms with E-state index in [9.17, 15) is 17.6 Å². The molecule has 2 fully saturated rings. The molecule has 1 spiro atoms. The molecule has 2 aliphatic heterocycles. The predicted octanol–water partition coefficient (Wildman–Crippen LogP) is 7.88. The summed E-state index contributed by atoms with van der Waals surface area (Å²) < 4.78 is 56.7. The van der Waals surface area contributed by atoms with Crippen molar-refractivity contribution in [2.75, 3.05) is 0 Å². The first-order valence-electron chi connectivity index (χ1n) is 10.9. The minimum absolute atomic E-state index is 0.130. The van der Waals surface area contributed by atoms with Crippen LogP contribution in [0.4, 0.5) is 17.6 Å². The number of benzene rings is 1. The Morgan fingerprint density at radius 3 is 2.07 bits per heavy atom. The summed E-state index contributed by atoms with van der Waals surface area (Å²) in [6.07, 6.45) is 10.1. The molecule has 1 aromatic carbocycles. The molecule has 0 unspecified atom stereocenters. The minimum atomic E-state index is -3.23. The lowest BCUT2D eigenvalue weighted by Crippen LogP contribution is -2.41. The molecule has 0 amide bonds. The molecular weight excluding hydrogens is 384 g/mol. The van der Waals surface area contributed by atoms with Crippen LogP contribution in [0, 0.1) is 17.6 Å². The smallest absolute Gasteiger partial charge is 0.387 e. The maximum atomic E-state index is 14.1. The van der Waals surface area contributed by atoms with Crippen molar-refractivity contribution in [3.63, 3.8) is 0 Å². The molecule has 6 heteroatoms. The van der Waals surface area contributed by atoms with E-state index in [0.29, 0.717) is 5.56 Å². The lowest BCUT2D eigenvalue weighted by molar-refractivity contribution is -0.0546. The largest absolute Gasteiger partial charge is 0.429 e. The van der Waals surface area contributed by atoms with Crippen molar-refractivity contribution in [2.24, 2.45) is 5.92 Å². The highest BCUT2D eigenvalue weighted by atomic mass is 28.3. The van der Waals surface area contributed by atoms with Gasteiger partial charge < -0.3 is 4.74 Å². The maximum absolute atomic E-state index is 14.1. The van der Waals surface area contributed by atoms with Gasteiger partial charge in [-0.05, 0) is 42.4 Å². The van der Waals surface area contributed by atoms with Crippen molar-refractivity contribution < 1.29 is 22.3 Å². The zero-order valence-electron chi connectivity index (χ0n) is 16.8. The van der Waals surface area contributed by atoms with Crippen molar-refractivity contribution in [1.82, 2.24) is 0 Å². The van der Waals surface area contributed by atoms with Gasteiger partial charge in [0.25, 0.3) is 0 Å². The second kappa shape index (κ2) is 9.64. The van der Waals surface area contributed by atoms with Gasteiger partial charge >= 0.3 is 6.61 Å². The Hall–Kier alpha value is -1.04. The van der Waals surface area contributed by atoms with E-state index in [1.165, 1.54) is 74.8 Å². The number of halogens is 4. The highest BCUT2D eigenvalue weighted by Gasteiger charge is 2.40. The summed E-state index contributed by atoms with van der Waals surface area (Å²) in [4.78, 5) is 0. The van der Waals surface area contributed by atoms with Crippen LogP contribution in [0.2, 0.25) is 24.2 Å². The summed E-state index contributed by atoms with van der Waals surface area (Å²) in [6.45, 7) is -0.981. The van der Waals surface area contributed by atoms with Crippen LogP contribution in [0.15, 0.2) is 12.1 Å². The quantitative estimate of drug-likeness (QED) is 0.249. The highest BCUT2D eigenvalue weighted by Crippen LogP contribution is 2.48. The van der Waals surface area contributed by atoms with Crippen molar-refractivity contribution in [3.05, 3.63) is 29.3 Å². The number of rotatable bonds is 7. The van der Waals surface area contributed by atoms with Gasteiger partial charge in [0.2, 0.25) is 0 Å². The molecule has 0 atom stereocenters. The molecule has 0 radical (unpaired) electrons. The maximum Gasteiger partial charge on any atom is 0.387 e. The molecule has 3 rings (SSSR count). The molecule has 2 saturated heterocycles.